The highest BCUT2D eigenvalue weighted by atomic mass is 16.4. The summed E-state index contributed by atoms with van der Waals surface area (Å²) >= 11 is 0. The Hall–Kier alpha value is -2.37. The second-order valence-corrected chi connectivity index (χ2v) is 4.87. The number of rotatable bonds is 5. The molecule has 0 spiro atoms. The number of hydrogen-bond acceptors (Lipinski definition) is 4. The number of anilines is 1. The minimum atomic E-state index is -0.898. The summed E-state index contributed by atoms with van der Waals surface area (Å²) < 4.78 is 5.35. The zero-order valence-electron chi connectivity index (χ0n) is 11.3. The van der Waals surface area contributed by atoms with Crippen LogP contribution in [0.25, 0.3) is 11.1 Å². The summed E-state index contributed by atoms with van der Waals surface area (Å²) in [6.07, 6.45) is 0.150. The van der Waals surface area contributed by atoms with E-state index < -0.39 is 5.97 Å². The van der Waals surface area contributed by atoms with Crippen LogP contribution in [0.3, 0.4) is 0 Å². The molecule has 1 heterocycles. The maximum Gasteiger partial charge on any atom is 0.303 e. The summed E-state index contributed by atoms with van der Waals surface area (Å²) in [4.78, 5) is 26.5. The van der Waals surface area contributed by atoms with Crippen LogP contribution in [0.2, 0.25) is 0 Å². The van der Waals surface area contributed by atoms with Crippen LogP contribution in [0.4, 0.5) is 5.69 Å². The minimum absolute atomic E-state index is 0.0189. The molecule has 1 aromatic heterocycles. The summed E-state index contributed by atoms with van der Waals surface area (Å²) in [5.41, 5.74) is 1.97. The Bertz CT molecular complexity index is 648. The molecule has 0 saturated heterocycles. The average Bonchev–Trinajstić information content (AvgIpc) is 2.66. The highest BCUT2D eigenvalue weighted by Crippen LogP contribution is 2.20. The predicted octanol–water partition coefficient (Wildman–Crippen LogP) is 2.58. The Morgan fingerprint density at radius 2 is 2.15 bits per heavy atom. The molecule has 0 fully saturated rings. The van der Waals surface area contributed by atoms with E-state index in [-0.39, 0.29) is 24.7 Å². The van der Waals surface area contributed by atoms with Crippen molar-refractivity contribution in [2.24, 2.45) is 5.92 Å². The summed E-state index contributed by atoms with van der Waals surface area (Å²) in [5.74, 6) is -0.743. The lowest BCUT2D eigenvalue weighted by molar-refractivity contribution is -0.138. The van der Waals surface area contributed by atoms with Crippen molar-refractivity contribution >= 4 is 28.7 Å². The molecule has 2 aromatic rings. The molecule has 20 heavy (non-hydrogen) atoms. The Morgan fingerprint density at radius 1 is 1.40 bits per heavy atom. The predicted molar refractivity (Wildman–Crippen MR) is 73.4 cm³/mol. The number of carboxylic acids is 1. The van der Waals surface area contributed by atoms with E-state index in [0.717, 1.165) is 0 Å². The first-order valence-corrected chi connectivity index (χ1v) is 6.33. The molecular weight excluding hydrogens is 260 g/mol. The summed E-state index contributed by atoms with van der Waals surface area (Å²) in [7, 11) is 0. The molecule has 2 N–H and O–H groups in total. The standard InChI is InChI=1S/C14H16N2O4/c1-8(6-14(18)19)5-13(17)16-10-3-4-12-11(7-10)15-9(2)20-12/h3-4,7-8H,5-6H2,1-2H3,(H,16,17)(H,18,19). The van der Waals surface area contributed by atoms with Crippen molar-refractivity contribution in [3.63, 3.8) is 0 Å². The van der Waals surface area contributed by atoms with Crippen LogP contribution in [0.1, 0.15) is 25.7 Å². The van der Waals surface area contributed by atoms with Crippen molar-refractivity contribution in [1.29, 1.82) is 0 Å². The molecule has 6 nitrogen and oxygen atoms in total. The van der Waals surface area contributed by atoms with E-state index in [1.54, 1.807) is 32.0 Å². The van der Waals surface area contributed by atoms with Crippen molar-refractivity contribution in [1.82, 2.24) is 4.98 Å². The summed E-state index contributed by atoms with van der Waals surface area (Å²) in [6.45, 7) is 3.49. The van der Waals surface area contributed by atoms with Gasteiger partial charge in [-0.2, -0.15) is 0 Å². The van der Waals surface area contributed by atoms with Gasteiger partial charge in [-0.25, -0.2) is 4.98 Å². The molecule has 1 atom stereocenters. The number of carbonyl (C=O) groups excluding carboxylic acids is 1. The Morgan fingerprint density at radius 3 is 2.85 bits per heavy atom. The summed E-state index contributed by atoms with van der Waals surface area (Å²) in [5, 5.41) is 11.4. The van der Waals surface area contributed by atoms with Gasteiger partial charge in [-0.15, -0.1) is 0 Å². The van der Waals surface area contributed by atoms with Crippen molar-refractivity contribution in [3.05, 3.63) is 24.1 Å². The number of aromatic nitrogens is 1. The molecule has 1 amide bonds. The van der Waals surface area contributed by atoms with Gasteiger partial charge in [0.05, 0.1) is 0 Å². The first-order chi connectivity index (χ1) is 9.44. The highest BCUT2D eigenvalue weighted by molar-refractivity contribution is 5.93. The zero-order chi connectivity index (χ0) is 14.7. The van der Waals surface area contributed by atoms with Crippen LogP contribution in [0, 0.1) is 12.8 Å². The number of oxazole rings is 1. The fourth-order valence-electron chi connectivity index (χ4n) is 2.02. The fraction of sp³-hybridized carbons (Fsp3) is 0.357. The van der Waals surface area contributed by atoms with Gasteiger partial charge in [-0.3, -0.25) is 9.59 Å². The third-order valence-corrected chi connectivity index (χ3v) is 2.84. The topological polar surface area (TPSA) is 92.4 Å². The quantitative estimate of drug-likeness (QED) is 0.875. The first-order valence-electron chi connectivity index (χ1n) is 6.33. The number of carboxylic acid groups (broad SMARTS) is 1. The lowest BCUT2D eigenvalue weighted by atomic mass is 10.0. The zero-order valence-corrected chi connectivity index (χ0v) is 11.3. The van der Waals surface area contributed by atoms with E-state index in [1.165, 1.54) is 0 Å². The van der Waals surface area contributed by atoms with Crippen LogP contribution >= 0.6 is 0 Å². The number of nitrogens with one attached hydrogen (secondary N) is 1. The lowest BCUT2D eigenvalue weighted by Crippen LogP contribution is -2.16. The summed E-state index contributed by atoms with van der Waals surface area (Å²) in [6, 6.07) is 5.20. The average molecular weight is 276 g/mol. The SMILES string of the molecule is Cc1nc2cc(NC(=O)CC(C)CC(=O)O)ccc2o1. The first kappa shape index (κ1) is 14.0. The molecule has 0 aliphatic rings. The van der Waals surface area contributed by atoms with Gasteiger partial charge in [0.15, 0.2) is 11.5 Å². The molecule has 6 heteroatoms. The van der Waals surface area contributed by atoms with Gasteiger partial charge in [0, 0.05) is 25.5 Å². The van der Waals surface area contributed by atoms with E-state index in [0.29, 0.717) is 22.7 Å². The normalized spacial score (nSPS) is 12.3. The van der Waals surface area contributed by atoms with Gasteiger partial charge in [-0.05, 0) is 24.1 Å². The Balaban J connectivity index is 2.00. The van der Waals surface area contributed by atoms with Crippen molar-refractivity contribution in [2.75, 3.05) is 5.32 Å². The van der Waals surface area contributed by atoms with E-state index in [1.807, 2.05) is 0 Å². The monoisotopic (exact) mass is 276 g/mol. The molecule has 2 rings (SSSR count). The number of aryl methyl sites for hydroxylation is 1. The number of benzene rings is 1. The van der Waals surface area contributed by atoms with Gasteiger partial charge in [-0.1, -0.05) is 6.92 Å². The van der Waals surface area contributed by atoms with Crippen LogP contribution in [0.15, 0.2) is 22.6 Å². The van der Waals surface area contributed by atoms with E-state index in [9.17, 15) is 9.59 Å². The van der Waals surface area contributed by atoms with Crippen molar-refractivity contribution in [3.8, 4) is 0 Å². The Labute approximate surface area is 115 Å². The number of carbonyl (C=O) groups is 2. The third kappa shape index (κ3) is 3.57. The number of amides is 1. The van der Waals surface area contributed by atoms with Gasteiger partial charge in [0.2, 0.25) is 5.91 Å². The van der Waals surface area contributed by atoms with Gasteiger partial charge < -0.3 is 14.8 Å². The molecule has 0 aliphatic carbocycles. The highest BCUT2D eigenvalue weighted by Gasteiger charge is 2.13. The molecule has 0 saturated carbocycles. The van der Waals surface area contributed by atoms with Crippen molar-refractivity contribution in [2.45, 2.75) is 26.7 Å². The number of fused-ring (bicyclic) bond motifs is 1. The number of aliphatic carboxylic acids is 1. The molecular formula is C14H16N2O4. The second-order valence-electron chi connectivity index (χ2n) is 4.87. The number of nitrogens with zero attached hydrogens (tertiary/aromatic N) is 1. The van der Waals surface area contributed by atoms with Crippen LogP contribution < -0.4 is 5.32 Å². The maximum absolute atomic E-state index is 11.8. The van der Waals surface area contributed by atoms with Gasteiger partial charge in [0.25, 0.3) is 0 Å². The molecule has 0 radical (unpaired) electrons. The van der Waals surface area contributed by atoms with Crippen LogP contribution in [-0.2, 0) is 9.59 Å². The van der Waals surface area contributed by atoms with E-state index in [2.05, 4.69) is 10.3 Å². The molecule has 0 aliphatic heterocycles. The fourth-order valence-corrected chi connectivity index (χ4v) is 2.02. The Kier molecular flexibility index (Phi) is 4.02. The second kappa shape index (κ2) is 5.73. The van der Waals surface area contributed by atoms with Crippen LogP contribution in [-0.4, -0.2) is 22.0 Å². The maximum atomic E-state index is 11.8. The van der Waals surface area contributed by atoms with E-state index >= 15 is 0 Å². The third-order valence-electron chi connectivity index (χ3n) is 2.84. The molecule has 1 unspecified atom stereocenters. The molecule has 106 valence electrons. The molecule has 0 bridgehead atoms. The lowest BCUT2D eigenvalue weighted by Gasteiger charge is -2.09. The molecule has 1 aromatic carbocycles. The largest absolute Gasteiger partial charge is 0.481 e. The van der Waals surface area contributed by atoms with Gasteiger partial charge in [0.1, 0.15) is 5.52 Å². The minimum Gasteiger partial charge on any atom is -0.481 e. The van der Waals surface area contributed by atoms with Gasteiger partial charge >= 0.3 is 5.97 Å². The van der Waals surface area contributed by atoms with Crippen LogP contribution in [0.5, 0.6) is 0 Å². The van der Waals surface area contributed by atoms with Crippen molar-refractivity contribution < 1.29 is 19.1 Å². The number of hydrogen-bond donors (Lipinski definition) is 2. The smallest absolute Gasteiger partial charge is 0.303 e. The van der Waals surface area contributed by atoms with E-state index in [4.69, 9.17) is 9.52 Å².